The number of nitrogens with zero attached hydrogens (tertiary/aromatic N) is 2. The molecule has 2 heterocycles. The number of methoxy groups -OCH3 is 1. The van der Waals surface area contributed by atoms with E-state index in [-0.39, 0.29) is 17.0 Å². The van der Waals surface area contributed by atoms with Crippen LogP contribution in [0.1, 0.15) is 40.0 Å². The Morgan fingerprint density at radius 2 is 1.89 bits per heavy atom. The molecule has 2 aromatic heterocycles. The molecule has 0 saturated heterocycles. The molecule has 38 heavy (non-hydrogen) atoms. The normalized spacial score (nSPS) is 11.9. The maximum absolute atomic E-state index is 13.5. The molecule has 0 aliphatic heterocycles. The molecular weight excluding hydrogens is 482 g/mol. The van der Waals surface area contributed by atoms with Crippen LogP contribution in [0, 0.1) is 13.8 Å². The number of para-hydroxylation sites is 1. The van der Waals surface area contributed by atoms with Crippen molar-refractivity contribution in [3.63, 3.8) is 0 Å². The van der Waals surface area contributed by atoms with Gasteiger partial charge in [-0.3, -0.25) is 4.79 Å². The lowest BCUT2D eigenvalue weighted by Gasteiger charge is -2.19. The molecule has 0 fully saturated rings. The number of carbonyl (C=O) groups is 1. The summed E-state index contributed by atoms with van der Waals surface area (Å²) in [6, 6.07) is 17.6. The number of rotatable bonds is 7. The summed E-state index contributed by atoms with van der Waals surface area (Å²) in [5.74, 6) is 0.116. The van der Waals surface area contributed by atoms with Crippen molar-refractivity contribution in [3.8, 4) is 22.8 Å². The Morgan fingerprint density at radius 3 is 2.66 bits per heavy atom. The molecule has 1 atom stereocenters. The first-order chi connectivity index (χ1) is 18.3. The van der Waals surface area contributed by atoms with Crippen molar-refractivity contribution in [1.29, 1.82) is 0 Å². The highest BCUT2D eigenvalue weighted by molar-refractivity contribution is 5.94. The minimum Gasteiger partial charge on any atom is -0.497 e. The largest absolute Gasteiger partial charge is 0.497 e. The van der Waals surface area contributed by atoms with Crippen LogP contribution in [-0.4, -0.2) is 28.0 Å². The highest BCUT2D eigenvalue weighted by atomic mass is 16.5. The van der Waals surface area contributed by atoms with E-state index in [1.807, 2.05) is 56.4 Å². The average Bonchev–Trinajstić information content (AvgIpc) is 3.41. The summed E-state index contributed by atoms with van der Waals surface area (Å²) in [5, 5.41) is 17.8. The van der Waals surface area contributed by atoms with Crippen molar-refractivity contribution < 1.29 is 19.1 Å². The van der Waals surface area contributed by atoms with E-state index in [2.05, 4.69) is 10.4 Å². The predicted molar refractivity (Wildman–Crippen MR) is 147 cm³/mol. The number of hydrogen-bond donors (Lipinski definition) is 2. The fourth-order valence-corrected chi connectivity index (χ4v) is 4.61. The van der Waals surface area contributed by atoms with Crippen molar-refractivity contribution >= 4 is 22.6 Å². The van der Waals surface area contributed by atoms with Gasteiger partial charge in [-0.25, -0.2) is 9.48 Å². The molecule has 0 aliphatic rings. The van der Waals surface area contributed by atoms with Gasteiger partial charge in [0.25, 0.3) is 0 Å². The molecular formula is C30H27N3O5. The fraction of sp³-hybridized carbons (Fsp3) is 0.167. The molecule has 0 radical (unpaired) electrons. The standard InChI is InChI=1S/C30H27N3O5/c1-17-12-24(19(3)32-26-11-6-5-10-23(26)30(35)36)29-25(13-17)27(34)18(2)28(38-29)20-15-31-33(16-20)21-8-7-9-22(14-21)37-4/h5-16,19,32H,1-4H3,(H,35,36)/t19-/m1/s1. The Labute approximate surface area is 219 Å². The van der Waals surface area contributed by atoms with Gasteiger partial charge in [0, 0.05) is 29.1 Å². The van der Waals surface area contributed by atoms with Gasteiger partial charge in [0.2, 0.25) is 0 Å². The number of fused-ring (bicyclic) bond motifs is 1. The molecule has 0 unspecified atom stereocenters. The Morgan fingerprint density at radius 1 is 1.11 bits per heavy atom. The first-order valence-corrected chi connectivity index (χ1v) is 12.1. The number of anilines is 1. The summed E-state index contributed by atoms with van der Waals surface area (Å²) >= 11 is 0. The second kappa shape index (κ2) is 9.89. The van der Waals surface area contributed by atoms with E-state index in [1.165, 1.54) is 0 Å². The second-order valence-corrected chi connectivity index (χ2v) is 9.21. The van der Waals surface area contributed by atoms with Crippen molar-refractivity contribution in [2.45, 2.75) is 26.8 Å². The molecule has 0 spiro atoms. The van der Waals surface area contributed by atoms with Crippen LogP contribution in [0.25, 0.3) is 28.0 Å². The predicted octanol–water partition coefficient (Wildman–Crippen LogP) is 6.14. The van der Waals surface area contributed by atoms with Gasteiger partial charge in [-0.15, -0.1) is 0 Å². The van der Waals surface area contributed by atoms with Gasteiger partial charge in [0.1, 0.15) is 17.1 Å². The number of ether oxygens (including phenoxy) is 1. The van der Waals surface area contributed by atoms with Gasteiger partial charge in [-0.1, -0.05) is 24.3 Å². The van der Waals surface area contributed by atoms with E-state index < -0.39 is 5.97 Å². The smallest absolute Gasteiger partial charge is 0.337 e. The van der Waals surface area contributed by atoms with Crippen molar-refractivity contribution in [2.75, 3.05) is 12.4 Å². The molecule has 8 nitrogen and oxygen atoms in total. The minimum absolute atomic E-state index is 0.126. The van der Waals surface area contributed by atoms with E-state index in [0.717, 1.165) is 16.8 Å². The molecule has 0 bridgehead atoms. The van der Waals surface area contributed by atoms with Crippen LogP contribution < -0.4 is 15.5 Å². The maximum atomic E-state index is 13.5. The Bertz CT molecular complexity index is 1730. The summed E-state index contributed by atoms with van der Waals surface area (Å²) in [6.45, 7) is 5.57. The van der Waals surface area contributed by atoms with Crippen LogP contribution >= 0.6 is 0 Å². The number of aromatic carboxylic acids is 1. The van der Waals surface area contributed by atoms with Gasteiger partial charge < -0.3 is 19.6 Å². The summed E-state index contributed by atoms with van der Waals surface area (Å²) in [5.41, 5.74) is 4.57. The zero-order valence-corrected chi connectivity index (χ0v) is 21.5. The highest BCUT2D eigenvalue weighted by Crippen LogP contribution is 2.33. The van der Waals surface area contributed by atoms with Gasteiger partial charge >= 0.3 is 5.97 Å². The van der Waals surface area contributed by atoms with Crippen molar-refractivity contribution in [2.24, 2.45) is 0 Å². The monoisotopic (exact) mass is 509 g/mol. The van der Waals surface area contributed by atoms with E-state index in [0.29, 0.717) is 39.3 Å². The average molecular weight is 510 g/mol. The number of nitrogens with one attached hydrogen (secondary N) is 1. The highest BCUT2D eigenvalue weighted by Gasteiger charge is 2.21. The lowest BCUT2D eigenvalue weighted by atomic mass is 9.99. The van der Waals surface area contributed by atoms with Crippen LogP contribution in [0.4, 0.5) is 5.69 Å². The van der Waals surface area contributed by atoms with Crippen LogP contribution in [0.2, 0.25) is 0 Å². The first-order valence-electron chi connectivity index (χ1n) is 12.1. The second-order valence-electron chi connectivity index (χ2n) is 9.21. The summed E-state index contributed by atoms with van der Waals surface area (Å²) < 4.78 is 13.5. The van der Waals surface area contributed by atoms with Gasteiger partial charge in [-0.05, 0) is 56.7 Å². The van der Waals surface area contributed by atoms with Gasteiger partial charge in [-0.2, -0.15) is 5.10 Å². The number of hydrogen-bond acceptors (Lipinski definition) is 6. The molecule has 5 rings (SSSR count). The van der Waals surface area contributed by atoms with Crippen LogP contribution in [0.5, 0.6) is 5.75 Å². The number of carboxylic acids is 1. The van der Waals surface area contributed by atoms with Crippen LogP contribution in [-0.2, 0) is 0 Å². The topological polar surface area (TPSA) is 107 Å². The molecule has 0 aliphatic carbocycles. The minimum atomic E-state index is -1.02. The van der Waals surface area contributed by atoms with Crippen molar-refractivity contribution in [1.82, 2.24) is 9.78 Å². The molecule has 3 aromatic carbocycles. The first kappa shape index (κ1) is 24.8. The Balaban J connectivity index is 1.61. The summed E-state index contributed by atoms with van der Waals surface area (Å²) in [6.07, 6.45) is 3.47. The number of benzene rings is 3. The molecule has 192 valence electrons. The molecule has 5 aromatic rings. The Hall–Kier alpha value is -4.85. The quantitative estimate of drug-likeness (QED) is 0.271. The van der Waals surface area contributed by atoms with Crippen LogP contribution in [0.3, 0.4) is 0 Å². The maximum Gasteiger partial charge on any atom is 0.337 e. The third-order valence-corrected chi connectivity index (χ3v) is 6.55. The van der Waals surface area contributed by atoms with E-state index in [1.54, 1.807) is 49.2 Å². The van der Waals surface area contributed by atoms with E-state index in [4.69, 9.17) is 9.15 Å². The zero-order valence-electron chi connectivity index (χ0n) is 21.5. The molecule has 0 amide bonds. The Kier molecular flexibility index (Phi) is 6.46. The van der Waals surface area contributed by atoms with Gasteiger partial charge in [0.05, 0.1) is 41.5 Å². The zero-order chi connectivity index (χ0) is 27.0. The molecule has 8 heteroatoms. The number of carboxylic acid groups (broad SMARTS) is 1. The van der Waals surface area contributed by atoms with Gasteiger partial charge in [0.15, 0.2) is 5.43 Å². The van der Waals surface area contributed by atoms with E-state index >= 15 is 0 Å². The number of aryl methyl sites for hydroxylation is 1. The number of aromatic nitrogens is 2. The fourth-order valence-electron chi connectivity index (χ4n) is 4.61. The SMILES string of the molecule is COc1cccc(-n2cc(-c3oc4c([C@@H](C)Nc5ccccc5C(=O)O)cc(C)cc4c(=O)c3C)cn2)c1. The summed E-state index contributed by atoms with van der Waals surface area (Å²) in [7, 11) is 1.61. The lowest BCUT2D eigenvalue weighted by Crippen LogP contribution is -2.14. The molecule has 0 saturated carbocycles. The lowest BCUT2D eigenvalue weighted by molar-refractivity contribution is 0.0698. The third-order valence-electron chi connectivity index (χ3n) is 6.55. The van der Waals surface area contributed by atoms with Crippen LogP contribution in [0.15, 0.2) is 82.3 Å². The molecule has 2 N–H and O–H groups in total. The summed E-state index contributed by atoms with van der Waals surface area (Å²) in [4.78, 5) is 25.2. The van der Waals surface area contributed by atoms with Crippen molar-refractivity contribution in [3.05, 3.63) is 106 Å². The third kappa shape index (κ3) is 4.52. The van der Waals surface area contributed by atoms with E-state index in [9.17, 15) is 14.7 Å².